The number of carbonyl (C=O) groups excluding carboxylic acids is 1. The lowest BCUT2D eigenvalue weighted by Gasteiger charge is -2.30. The average molecular weight is 440 g/mol. The number of amides is 1. The van der Waals surface area contributed by atoms with Gasteiger partial charge >= 0.3 is 6.18 Å². The standard InChI is InChI=1S/C21H23F3N2O3S/c22-21(23,24)18-7-4-8-19(15-18)30(28,29)26-13-10-17(11-14-26)20(27)25-12-9-16-5-2-1-3-6-16/h1-8,15,17H,9-14H2,(H,25,27). The first kappa shape index (κ1) is 22.3. The molecular formula is C21H23F3N2O3S. The molecule has 1 fully saturated rings. The molecule has 1 aliphatic rings. The summed E-state index contributed by atoms with van der Waals surface area (Å²) in [7, 11) is -4.05. The molecule has 1 amide bonds. The maximum absolute atomic E-state index is 12.9. The van der Waals surface area contributed by atoms with Crippen LogP contribution in [0, 0.1) is 5.92 Å². The van der Waals surface area contributed by atoms with Gasteiger partial charge in [-0.05, 0) is 43.0 Å². The third kappa shape index (κ3) is 5.40. The van der Waals surface area contributed by atoms with Crippen molar-refractivity contribution in [3.05, 3.63) is 65.7 Å². The number of sulfonamides is 1. The smallest absolute Gasteiger partial charge is 0.356 e. The Morgan fingerprint density at radius 2 is 1.70 bits per heavy atom. The molecule has 1 N–H and O–H groups in total. The van der Waals surface area contributed by atoms with Crippen molar-refractivity contribution in [3.8, 4) is 0 Å². The molecule has 0 bridgehead atoms. The van der Waals surface area contributed by atoms with Crippen molar-refractivity contribution >= 4 is 15.9 Å². The summed E-state index contributed by atoms with van der Waals surface area (Å²) in [6.07, 6.45) is -3.25. The highest BCUT2D eigenvalue weighted by Crippen LogP contribution is 2.32. The molecule has 30 heavy (non-hydrogen) atoms. The maximum Gasteiger partial charge on any atom is 0.416 e. The zero-order valence-corrected chi connectivity index (χ0v) is 17.0. The highest BCUT2D eigenvalue weighted by molar-refractivity contribution is 7.89. The van der Waals surface area contributed by atoms with E-state index in [-0.39, 0.29) is 29.8 Å². The summed E-state index contributed by atoms with van der Waals surface area (Å²) in [4.78, 5) is 12.0. The predicted octanol–water partition coefficient (Wildman–Crippen LogP) is 3.47. The number of nitrogens with zero attached hydrogens (tertiary/aromatic N) is 1. The van der Waals surface area contributed by atoms with Crippen LogP contribution in [0.4, 0.5) is 13.2 Å². The van der Waals surface area contributed by atoms with E-state index >= 15 is 0 Å². The number of nitrogens with one attached hydrogen (secondary N) is 1. The van der Waals surface area contributed by atoms with Crippen LogP contribution >= 0.6 is 0 Å². The van der Waals surface area contributed by atoms with Crippen LogP contribution < -0.4 is 5.32 Å². The Labute approximate surface area is 173 Å². The Bertz CT molecular complexity index is 970. The van der Waals surface area contributed by atoms with Gasteiger partial charge in [-0.15, -0.1) is 0 Å². The normalized spacial score (nSPS) is 16.4. The fourth-order valence-electron chi connectivity index (χ4n) is 3.46. The minimum atomic E-state index is -4.61. The van der Waals surface area contributed by atoms with Gasteiger partial charge in [-0.1, -0.05) is 36.4 Å². The molecule has 0 atom stereocenters. The van der Waals surface area contributed by atoms with Crippen molar-refractivity contribution in [2.45, 2.75) is 30.3 Å². The number of halogens is 3. The van der Waals surface area contributed by atoms with Crippen LogP contribution in [0.5, 0.6) is 0 Å². The van der Waals surface area contributed by atoms with Gasteiger partial charge in [0.25, 0.3) is 0 Å². The lowest BCUT2D eigenvalue weighted by Crippen LogP contribution is -2.43. The van der Waals surface area contributed by atoms with E-state index in [0.717, 1.165) is 28.1 Å². The second-order valence-corrected chi connectivity index (χ2v) is 9.17. The van der Waals surface area contributed by atoms with Gasteiger partial charge in [0.2, 0.25) is 15.9 Å². The number of carbonyl (C=O) groups is 1. The highest BCUT2D eigenvalue weighted by atomic mass is 32.2. The van der Waals surface area contributed by atoms with Gasteiger partial charge in [0.05, 0.1) is 10.5 Å². The average Bonchev–Trinajstić information content (AvgIpc) is 2.74. The van der Waals surface area contributed by atoms with Crippen LogP contribution in [-0.4, -0.2) is 38.3 Å². The second-order valence-electron chi connectivity index (χ2n) is 7.23. The molecule has 0 radical (unpaired) electrons. The van der Waals surface area contributed by atoms with Gasteiger partial charge in [0.1, 0.15) is 0 Å². The summed E-state index contributed by atoms with van der Waals surface area (Å²) in [6.45, 7) is 0.677. The van der Waals surface area contributed by atoms with Crippen molar-refractivity contribution in [3.63, 3.8) is 0 Å². The van der Waals surface area contributed by atoms with Crippen LogP contribution in [0.1, 0.15) is 24.0 Å². The van der Waals surface area contributed by atoms with Crippen LogP contribution in [0.3, 0.4) is 0 Å². The molecule has 9 heteroatoms. The summed E-state index contributed by atoms with van der Waals surface area (Å²) in [6, 6.07) is 13.5. The molecule has 0 aliphatic carbocycles. The third-order valence-electron chi connectivity index (χ3n) is 5.18. The summed E-state index contributed by atoms with van der Waals surface area (Å²) < 4.78 is 65.3. The molecule has 2 aromatic rings. The number of hydrogen-bond donors (Lipinski definition) is 1. The van der Waals surface area contributed by atoms with E-state index in [1.165, 1.54) is 0 Å². The minimum Gasteiger partial charge on any atom is -0.356 e. The van der Waals surface area contributed by atoms with Gasteiger partial charge in [0.15, 0.2) is 0 Å². The highest BCUT2D eigenvalue weighted by Gasteiger charge is 2.35. The zero-order valence-electron chi connectivity index (χ0n) is 16.2. The lowest BCUT2D eigenvalue weighted by atomic mass is 9.97. The number of piperidine rings is 1. The molecule has 5 nitrogen and oxygen atoms in total. The Hall–Kier alpha value is -2.39. The largest absolute Gasteiger partial charge is 0.416 e. The molecule has 2 aromatic carbocycles. The molecule has 0 unspecified atom stereocenters. The van der Waals surface area contributed by atoms with Crippen molar-refractivity contribution in [1.29, 1.82) is 0 Å². The second kappa shape index (κ2) is 9.18. The quantitative estimate of drug-likeness (QED) is 0.748. The predicted molar refractivity (Wildman–Crippen MR) is 106 cm³/mol. The van der Waals surface area contributed by atoms with Gasteiger partial charge in [-0.2, -0.15) is 17.5 Å². The first-order valence-electron chi connectivity index (χ1n) is 9.67. The maximum atomic E-state index is 12.9. The summed E-state index contributed by atoms with van der Waals surface area (Å²) in [5.74, 6) is -0.434. The van der Waals surface area contributed by atoms with Crippen LogP contribution in [0.2, 0.25) is 0 Å². The third-order valence-corrected chi connectivity index (χ3v) is 7.07. The first-order valence-corrected chi connectivity index (χ1v) is 11.1. The summed E-state index contributed by atoms with van der Waals surface area (Å²) >= 11 is 0. The van der Waals surface area contributed by atoms with Gasteiger partial charge in [-0.3, -0.25) is 4.79 Å². The Kier molecular flexibility index (Phi) is 6.82. The van der Waals surface area contributed by atoms with Crippen molar-refractivity contribution in [1.82, 2.24) is 9.62 Å². The molecule has 0 spiro atoms. The molecule has 1 saturated heterocycles. The number of hydrogen-bond acceptors (Lipinski definition) is 3. The Morgan fingerprint density at radius 1 is 1.03 bits per heavy atom. The SMILES string of the molecule is O=C(NCCc1ccccc1)C1CCN(S(=O)(=O)c2cccc(C(F)(F)F)c2)CC1. The van der Waals surface area contributed by atoms with E-state index in [1.807, 2.05) is 30.3 Å². The van der Waals surface area contributed by atoms with E-state index in [0.29, 0.717) is 31.9 Å². The van der Waals surface area contributed by atoms with Crippen LogP contribution in [-0.2, 0) is 27.4 Å². The van der Waals surface area contributed by atoms with Crippen molar-refractivity contribution < 1.29 is 26.4 Å². The molecule has 0 aromatic heterocycles. The molecule has 1 heterocycles. The van der Waals surface area contributed by atoms with E-state index in [1.54, 1.807) is 0 Å². The summed E-state index contributed by atoms with van der Waals surface area (Å²) in [5, 5.41) is 2.88. The lowest BCUT2D eigenvalue weighted by molar-refractivity contribution is -0.137. The Balaban J connectivity index is 1.55. The van der Waals surface area contributed by atoms with Crippen LogP contribution in [0.25, 0.3) is 0 Å². The monoisotopic (exact) mass is 440 g/mol. The van der Waals surface area contributed by atoms with Gasteiger partial charge < -0.3 is 5.32 Å². The van der Waals surface area contributed by atoms with E-state index in [2.05, 4.69) is 5.32 Å². The molecule has 1 aliphatic heterocycles. The van der Waals surface area contributed by atoms with Crippen molar-refractivity contribution in [2.75, 3.05) is 19.6 Å². The zero-order chi connectivity index (χ0) is 21.8. The number of alkyl halides is 3. The number of rotatable bonds is 6. The molecular weight excluding hydrogens is 417 g/mol. The van der Waals surface area contributed by atoms with Crippen molar-refractivity contribution in [2.24, 2.45) is 5.92 Å². The van der Waals surface area contributed by atoms with Gasteiger partial charge in [0, 0.05) is 25.6 Å². The first-order chi connectivity index (χ1) is 14.2. The van der Waals surface area contributed by atoms with Gasteiger partial charge in [-0.25, -0.2) is 8.42 Å². The van der Waals surface area contributed by atoms with E-state index < -0.39 is 21.8 Å². The summed E-state index contributed by atoms with van der Waals surface area (Å²) in [5.41, 5.74) is 0.107. The van der Waals surface area contributed by atoms with E-state index in [4.69, 9.17) is 0 Å². The molecule has 162 valence electrons. The van der Waals surface area contributed by atoms with Crippen LogP contribution in [0.15, 0.2) is 59.5 Å². The fraction of sp³-hybridized carbons (Fsp3) is 0.381. The van der Waals surface area contributed by atoms with E-state index in [9.17, 15) is 26.4 Å². The molecule has 3 rings (SSSR count). The topological polar surface area (TPSA) is 66.5 Å². The molecule has 0 saturated carbocycles. The fourth-order valence-corrected chi connectivity index (χ4v) is 4.98. The minimum absolute atomic E-state index is 0.0926. The Morgan fingerprint density at radius 3 is 2.33 bits per heavy atom. The number of benzene rings is 2.